The van der Waals surface area contributed by atoms with Crippen molar-refractivity contribution in [1.29, 1.82) is 0 Å². The Morgan fingerprint density at radius 1 is 0.426 bits per heavy atom. The maximum atomic E-state index is 2.61. The van der Waals surface area contributed by atoms with Crippen LogP contribution in [0.25, 0.3) is 55.3 Å². The third-order valence-corrected chi connectivity index (χ3v) is 17.4. The summed E-state index contributed by atoms with van der Waals surface area (Å²) < 4.78 is 0. The largest absolute Gasteiger partial charge is 0.310 e. The molecule has 0 N–H and O–H groups in total. The van der Waals surface area contributed by atoms with Crippen molar-refractivity contribution >= 4 is 27.8 Å². The van der Waals surface area contributed by atoms with Crippen molar-refractivity contribution in [3.05, 3.63) is 198 Å². The third-order valence-electron chi connectivity index (χ3n) is 17.4. The molecule has 0 aromatic heterocycles. The van der Waals surface area contributed by atoms with Gasteiger partial charge in [0.05, 0.1) is 0 Å². The summed E-state index contributed by atoms with van der Waals surface area (Å²) in [5, 5.41) is 2.56. The first-order chi connectivity index (χ1) is 29.9. The minimum absolute atomic E-state index is 0.0946. The Morgan fingerprint density at radius 3 is 1.97 bits per heavy atom. The minimum atomic E-state index is -0.0946. The van der Waals surface area contributed by atoms with Gasteiger partial charge in [-0.25, -0.2) is 0 Å². The number of anilines is 3. The highest BCUT2D eigenvalue weighted by molar-refractivity contribution is 5.97. The van der Waals surface area contributed by atoms with Gasteiger partial charge in [-0.15, -0.1) is 0 Å². The Labute approximate surface area is 359 Å². The highest BCUT2D eigenvalue weighted by Gasteiger charge is 2.76. The van der Waals surface area contributed by atoms with Gasteiger partial charge in [0.25, 0.3) is 0 Å². The van der Waals surface area contributed by atoms with E-state index in [-0.39, 0.29) is 10.8 Å². The number of benzene rings is 8. The van der Waals surface area contributed by atoms with Crippen molar-refractivity contribution in [2.24, 2.45) is 29.1 Å². The summed E-state index contributed by atoms with van der Waals surface area (Å²) in [6, 6.07) is 67.4. The van der Waals surface area contributed by atoms with Crippen LogP contribution in [0.2, 0.25) is 0 Å². The molecule has 14 rings (SSSR count). The van der Waals surface area contributed by atoms with Crippen LogP contribution in [0.4, 0.5) is 17.1 Å². The molecule has 1 heteroatoms. The molecule has 4 saturated carbocycles. The van der Waals surface area contributed by atoms with Crippen LogP contribution in [0.3, 0.4) is 0 Å². The number of hydrogen-bond donors (Lipinski definition) is 0. The summed E-state index contributed by atoms with van der Waals surface area (Å²) in [6.45, 7) is 4.80. The molecule has 8 aromatic rings. The Bertz CT molecular complexity index is 3130. The van der Waals surface area contributed by atoms with Gasteiger partial charge in [-0.3, -0.25) is 0 Å². The number of rotatable bonds is 5. The first-order valence-corrected chi connectivity index (χ1v) is 22.9. The molecule has 2 spiro atoms. The zero-order valence-electron chi connectivity index (χ0n) is 35.0. The quantitative estimate of drug-likeness (QED) is 0.168. The van der Waals surface area contributed by atoms with E-state index in [2.05, 4.69) is 195 Å². The van der Waals surface area contributed by atoms with Crippen molar-refractivity contribution in [1.82, 2.24) is 0 Å². The lowest BCUT2D eigenvalue weighted by Crippen LogP contribution is -2.50. The van der Waals surface area contributed by atoms with E-state index in [9.17, 15) is 0 Å². The van der Waals surface area contributed by atoms with Gasteiger partial charge in [-0.1, -0.05) is 147 Å². The lowest BCUT2D eigenvalue weighted by Gasteiger charge is -2.54. The molecule has 8 aromatic carbocycles. The first-order valence-electron chi connectivity index (χ1n) is 22.9. The Hall–Kier alpha value is -6.18. The molecule has 0 heterocycles. The van der Waals surface area contributed by atoms with Gasteiger partial charge in [0.1, 0.15) is 0 Å². The van der Waals surface area contributed by atoms with E-state index in [1.807, 2.05) is 0 Å². The molecule has 61 heavy (non-hydrogen) atoms. The zero-order chi connectivity index (χ0) is 40.2. The molecule has 0 aliphatic heterocycles. The van der Waals surface area contributed by atoms with Crippen molar-refractivity contribution in [2.75, 3.05) is 4.90 Å². The van der Waals surface area contributed by atoms with Gasteiger partial charge < -0.3 is 4.90 Å². The van der Waals surface area contributed by atoms with E-state index < -0.39 is 0 Å². The summed E-state index contributed by atoms with van der Waals surface area (Å²) >= 11 is 0. The molecule has 0 saturated heterocycles. The fraction of sp³-hybridized carbons (Fsp3) is 0.233. The molecule has 0 amide bonds. The number of hydrogen-bond acceptors (Lipinski definition) is 1. The van der Waals surface area contributed by atoms with Crippen molar-refractivity contribution in [3.63, 3.8) is 0 Å². The Kier molecular flexibility index (Phi) is 6.80. The van der Waals surface area contributed by atoms with Crippen LogP contribution in [-0.4, -0.2) is 0 Å². The standard InChI is InChI=1S/C60H49N/c1-58(2)53-18-9-8-16-49(53)50-26-24-46(34-56(50)58)61(44-22-19-40(20-23-44)48-17-10-14-39-13-6-7-15-47(39)48)45-25-28-55-52(33-45)51-31-41(38-11-4-3-5-12-38)21-27-54(51)60(55)43-30-37-29-42-32-57(60)59(42,35-37)36-43/h3-28,31,33-34,37,42-43,57H,29-30,32,35-36H2,1-2H3. The molecule has 3 bridgehead atoms. The summed E-state index contributed by atoms with van der Waals surface area (Å²) in [4.78, 5) is 2.55. The lowest BCUT2D eigenvalue weighted by molar-refractivity contribution is -0.0193. The van der Waals surface area contributed by atoms with Gasteiger partial charge in [0, 0.05) is 27.9 Å². The van der Waals surface area contributed by atoms with Crippen LogP contribution in [0.15, 0.2) is 176 Å². The number of fused-ring (bicyclic) bond motifs is 13. The van der Waals surface area contributed by atoms with Crippen LogP contribution in [0.5, 0.6) is 0 Å². The van der Waals surface area contributed by atoms with Gasteiger partial charge >= 0.3 is 0 Å². The second-order valence-electron chi connectivity index (χ2n) is 20.2. The van der Waals surface area contributed by atoms with Crippen molar-refractivity contribution in [2.45, 2.75) is 56.8 Å². The van der Waals surface area contributed by atoms with Crippen LogP contribution in [0.1, 0.15) is 68.2 Å². The lowest BCUT2D eigenvalue weighted by atomic mass is 9.49. The summed E-state index contributed by atoms with van der Waals surface area (Å²) in [5.74, 6) is 3.36. The monoisotopic (exact) mass is 783 g/mol. The number of nitrogens with zero attached hydrogens (tertiary/aromatic N) is 1. The fourth-order valence-corrected chi connectivity index (χ4v) is 15.0. The van der Waals surface area contributed by atoms with E-state index in [0.29, 0.717) is 5.41 Å². The van der Waals surface area contributed by atoms with Crippen molar-refractivity contribution < 1.29 is 0 Å². The Morgan fingerprint density at radius 2 is 1.08 bits per heavy atom. The molecular formula is C60H49N. The van der Waals surface area contributed by atoms with Crippen LogP contribution in [-0.2, 0) is 10.8 Å². The summed E-state index contributed by atoms with van der Waals surface area (Å²) in [6.07, 6.45) is 7.22. The first kappa shape index (κ1) is 34.5. The second-order valence-corrected chi connectivity index (χ2v) is 20.2. The van der Waals surface area contributed by atoms with Gasteiger partial charge in [0.15, 0.2) is 0 Å². The third kappa shape index (κ3) is 4.42. The highest BCUT2D eigenvalue weighted by Crippen LogP contribution is 2.83. The average Bonchev–Trinajstić information content (AvgIpc) is 3.85. The fourth-order valence-electron chi connectivity index (χ4n) is 15.0. The van der Waals surface area contributed by atoms with Crippen LogP contribution in [0, 0.1) is 29.1 Å². The van der Waals surface area contributed by atoms with Gasteiger partial charge in [0.2, 0.25) is 0 Å². The maximum Gasteiger partial charge on any atom is 0.0468 e. The van der Waals surface area contributed by atoms with Gasteiger partial charge in [-0.05, 0) is 181 Å². The smallest absolute Gasteiger partial charge is 0.0468 e. The predicted octanol–water partition coefficient (Wildman–Crippen LogP) is 15.7. The molecule has 6 atom stereocenters. The second kappa shape index (κ2) is 12.0. The molecular weight excluding hydrogens is 735 g/mol. The maximum absolute atomic E-state index is 2.61. The van der Waals surface area contributed by atoms with Crippen LogP contribution >= 0.6 is 0 Å². The van der Waals surface area contributed by atoms with E-state index in [1.54, 1.807) is 11.1 Å². The van der Waals surface area contributed by atoms with E-state index in [1.165, 1.54) is 116 Å². The topological polar surface area (TPSA) is 3.24 Å². The van der Waals surface area contributed by atoms with E-state index in [0.717, 1.165) is 23.7 Å². The molecule has 0 radical (unpaired) electrons. The van der Waals surface area contributed by atoms with Crippen molar-refractivity contribution in [3.8, 4) is 44.5 Å². The molecule has 1 nitrogen and oxygen atoms in total. The SMILES string of the molecule is CC1(C)c2ccccc2-c2ccc(N(c3ccc(-c4cccc5ccccc45)cc3)c3ccc4c(c3)-c3cc(-c5ccccc5)ccc3C43C4CC5CC6CC3C6(C5)C4)cc21. The molecule has 294 valence electrons. The van der Waals surface area contributed by atoms with E-state index >= 15 is 0 Å². The van der Waals surface area contributed by atoms with Gasteiger partial charge in [-0.2, -0.15) is 0 Å². The zero-order valence-corrected chi connectivity index (χ0v) is 35.0. The average molecular weight is 784 g/mol. The summed E-state index contributed by atoms with van der Waals surface area (Å²) in [5.41, 5.74) is 21.0. The molecule has 6 unspecified atom stereocenters. The molecule has 4 fully saturated rings. The highest BCUT2D eigenvalue weighted by atomic mass is 15.1. The van der Waals surface area contributed by atoms with Crippen LogP contribution < -0.4 is 4.90 Å². The Balaban J connectivity index is 0.967. The normalized spacial score (nSPS) is 26.1. The molecule has 6 aliphatic rings. The summed E-state index contributed by atoms with van der Waals surface area (Å²) in [7, 11) is 0. The van der Waals surface area contributed by atoms with E-state index in [4.69, 9.17) is 0 Å². The predicted molar refractivity (Wildman–Crippen MR) is 253 cm³/mol. The minimum Gasteiger partial charge on any atom is -0.310 e. The molecule has 6 aliphatic carbocycles.